The molecule has 0 aromatic heterocycles. The minimum atomic E-state index is -0.764. The van der Waals surface area contributed by atoms with E-state index >= 15 is 0 Å². The van der Waals surface area contributed by atoms with Gasteiger partial charge in [-0.25, -0.2) is 4.79 Å². The number of benzene rings is 1. The van der Waals surface area contributed by atoms with Gasteiger partial charge in [-0.15, -0.1) is 0 Å². The standard InChI is InChI=1S/C8H5Cl2N3O/c9-5-1-4(3-11)7(2-6(5)10)13-8(12)14/h1-2H,(H3,12,13,14). The van der Waals surface area contributed by atoms with E-state index in [1.807, 2.05) is 6.07 Å². The fourth-order valence-corrected chi connectivity index (χ4v) is 1.20. The fourth-order valence-electron chi connectivity index (χ4n) is 0.875. The molecule has 0 spiro atoms. The summed E-state index contributed by atoms with van der Waals surface area (Å²) in [5, 5.41) is 11.5. The number of carbonyl (C=O) groups excluding carboxylic acids is 1. The number of hydrogen-bond acceptors (Lipinski definition) is 2. The maximum atomic E-state index is 10.6. The zero-order valence-corrected chi connectivity index (χ0v) is 8.36. The number of urea groups is 1. The lowest BCUT2D eigenvalue weighted by molar-refractivity contribution is 0.259. The zero-order chi connectivity index (χ0) is 10.7. The van der Waals surface area contributed by atoms with Gasteiger partial charge in [0.1, 0.15) is 6.07 Å². The van der Waals surface area contributed by atoms with Crippen molar-refractivity contribution in [1.29, 1.82) is 5.26 Å². The van der Waals surface area contributed by atoms with Gasteiger partial charge in [-0.1, -0.05) is 23.2 Å². The van der Waals surface area contributed by atoms with Crippen LogP contribution in [0.15, 0.2) is 12.1 Å². The second-order valence-electron chi connectivity index (χ2n) is 2.41. The maximum Gasteiger partial charge on any atom is 0.316 e. The third-order valence-corrected chi connectivity index (χ3v) is 2.16. The van der Waals surface area contributed by atoms with Crippen LogP contribution in [0.2, 0.25) is 10.0 Å². The molecular formula is C8H5Cl2N3O. The van der Waals surface area contributed by atoms with Gasteiger partial charge >= 0.3 is 6.03 Å². The number of rotatable bonds is 1. The molecule has 3 N–H and O–H groups in total. The Balaban J connectivity index is 3.22. The number of amides is 2. The molecule has 14 heavy (non-hydrogen) atoms. The number of primary amides is 1. The Morgan fingerprint density at radius 2 is 2.00 bits per heavy atom. The number of carbonyl (C=O) groups is 1. The van der Waals surface area contributed by atoms with Gasteiger partial charge in [-0.3, -0.25) is 0 Å². The van der Waals surface area contributed by atoms with E-state index in [1.54, 1.807) is 0 Å². The summed E-state index contributed by atoms with van der Waals surface area (Å²) in [6.45, 7) is 0. The molecule has 2 amide bonds. The van der Waals surface area contributed by atoms with E-state index in [0.717, 1.165) is 0 Å². The van der Waals surface area contributed by atoms with Crippen LogP contribution < -0.4 is 11.1 Å². The van der Waals surface area contributed by atoms with Crippen LogP contribution in [0.25, 0.3) is 0 Å². The highest BCUT2D eigenvalue weighted by atomic mass is 35.5. The van der Waals surface area contributed by atoms with E-state index in [4.69, 9.17) is 34.2 Å². The molecule has 0 aliphatic carbocycles. The van der Waals surface area contributed by atoms with Gasteiger partial charge in [0.2, 0.25) is 0 Å². The van der Waals surface area contributed by atoms with Crippen molar-refractivity contribution in [2.24, 2.45) is 5.73 Å². The zero-order valence-electron chi connectivity index (χ0n) is 6.84. The van der Waals surface area contributed by atoms with Crippen molar-refractivity contribution in [2.45, 2.75) is 0 Å². The van der Waals surface area contributed by atoms with Crippen molar-refractivity contribution in [2.75, 3.05) is 5.32 Å². The molecule has 0 heterocycles. The largest absolute Gasteiger partial charge is 0.351 e. The third kappa shape index (κ3) is 2.28. The maximum absolute atomic E-state index is 10.6. The first-order valence-corrected chi connectivity index (χ1v) is 4.26. The highest BCUT2D eigenvalue weighted by Crippen LogP contribution is 2.28. The first kappa shape index (κ1) is 10.6. The molecule has 0 bridgehead atoms. The average molecular weight is 230 g/mol. The highest BCUT2D eigenvalue weighted by molar-refractivity contribution is 6.42. The molecule has 0 saturated heterocycles. The lowest BCUT2D eigenvalue weighted by Crippen LogP contribution is -2.19. The summed E-state index contributed by atoms with van der Waals surface area (Å²) in [6, 6.07) is 3.82. The summed E-state index contributed by atoms with van der Waals surface area (Å²) in [6.07, 6.45) is 0. The summed E-state index contributed by atoms with van der Waals surface area (Å²) in [4.78, 5) is 10.6. The molecule has 6 heteroatoms. The molecule has 1 aromatic carbocycles. The van der Waals surface area contributed by atoms with Gasteiger partial charge in [-0.05, 0) is 12.1 Å². The average Bonchev–Trinajstić information content (AvgIpc) is 2.10. The van der Waals surface area contributed by atoms with E-state index in [-0.39, 0.29) is 21.3 Å². The van der Waals surface area contributed by atoms with Crippen molar-refractivity contribution in [1.82, 2.24) is 0 Å². The molecule has 4 nitrogen and oxygen atoms in total. The molecule has 0 radical (unpaired) electrons. The van der Waals surface area contributed by atoms with Crippen LogP contribution in [0.1, 0.15) is 5.56 Å². The van der Waals surface area contributed by atoms with Crippen LogP contribution in [0.5, 0.6) is 0 Å². The molecule has 0 unspecified atom stereocenters. The first-order valence-electron chi connectivity index (χ1n) is 3.50. The molecule has 0 saturated carbocycles. The lowest BCUT2D eigenvalue weighted by Gasteiger charge is -2.05. The van der Waals surface area contributed by atoms with Gasteiger partial charge in [0.05, 0.1) is 21.3 Å². The molecule has 72 valence electrons. The predicted octanol–water partition coefficient (Wildman–Crippen LogP) is 2.36. The normalized spacial score (nSPS) is 9.21. The smallest absolute Gasteiger partial charge is 0.316 e. The fraction of sp³-hybridized carbons (Fsp3) is 0. The van der Waals surface area contributed by atoms with E-state index in [9.17, 15) is 4.79 Å². The summed E-state index contributed by atoms with van der Waals surface area (Å²) < 4.78 is 0. The van der Waals surface area contributed by atoms with Gasteiger partial charge in [0.15, 0.2) is 0 Å². The SMILES string of the molecule is N#Cc1cc(Cl)c(Cl)cc1NC(N)=O. The van der Waals surface area contributed by atoms with Gasteiger partial charge in [0, 0.05) is 0 Å². The van der Waals surface area contributed by atoms with E-state index in [1.165, 1.54) is 12.1 Å². The molecule has 0 atom stereocenters. The number of nitrogens with zero attached hydrogens (tertiary/aromatic N) is 1. The molecular weight excluding hydrogens is 225 g/mol. The number of hydrogen-bond donors (Lipinski definition) is 2. The van der Waals surface area contributed by atoms with Gasteiger partial charge in [0.25, 0.3) is 0 Å². The van der Waals surface area contributed by atoms with Crippen LogP contribution in [0.4, 0.5) is 10.5 Å². The van der Waals surface area contributed by atoms with Crippen LogP contribution >= 0.6 is 23.2 Å². The minimum Gasteiger partial charge on any atom is -0.351 e. The Bertz CT molecular complexity index is 425. The molecule has 0 aliphatic heterocycles. The number of halogens is 2. The predicted molar refractivity (Wildman–Crippen MR) is 54.4 cm³/mol. The number of nitrogens with two attached hydrogens (primary N) is 1. The van der Waals surface area contributed by atoms with Crippen molar-refractivity contribution in [3.8, 4) is 6.07 Å². The Hall–Kier alpha value is -1.44. The topological polar surface area (TPSA) is 78.9 Å². The Kier molecular flexibility index (Phi) is 3.18. The number of nitriles is 1. The first-order chi connectivity index (χ1) is 6.54. The lowest BCUT2D eigenvalue weighted by atomic mass is 10.2. The molecule has 1 aromatic rings. The van der Waals surface area contributed by atoms with Crippen molar-refractivity contribution < 1.29 is 4.79 Å². The Morgan fingerprint density at radius 1 is 1.43 bits per heavy atom. The Morgan fingerprint density at radius 3 is 2.50 bits per heavy atom. The summed E-state index contributed by atoms with van der Waals surface area (Å²) >= 11 is 11.4. The third-order valence-electron chi connectivity index (χ3n) is 1.44. The molecule has 0 aliphatic rings. The van der Waals surface area contributed by atoms with Crippen molar-refractivity contribution >= 4 is 34.9 Å². The second-order valence-corrected chi connectivity index (χ2v) is 3.23. The summed E-state index contributed by atoms with van der Waals surface area (Å²) in [7, 11) is 0. The number of anilines is 1. The second kappa shape index (κ2) is 4.18. The molecule has 1 rings (SSSR count). The number of nitrogens with one attached hydrogen (secondary N) is 1. The van der Waals surface area contributed by atoms with Crippen molar-refractivity contribution in [3.05, 3.63) is 27.7 Å². The minimum absolute atomic E-state index is 0.207. The van der Waals surface area contributed by atoms with E-state index in [0.29, 0.717) is 0 Å². The van der Waals surface area contributed by atoms with E-state index < -0.39 is 6.03 Å². The summed E-state index contributed by atoms with van der Waals surface area (Å²) in [5.74, 6) is 0. The monoisotopic (exact) mass is 229 g/mol. The quantitative estimate of drug-likeness (QED) is 0.776. The molecule has 0 fully saturated rings. The van der Waals surface area contributed by atoms with Crippen LogP contribution in [-0.2, 0) is 0 Å². The highest BCUT2D eigenvalue weighted by Gasteiger charge is 2.08. The van der Waals surface area contributed by atoms with E-state index in [2.05, 4.69) is 5.32 Å². The van der Waals surface area contributed by atoms with Gasteiger partial charge in [-0.2, -0.15) is 5.26 Å². The van der Waals surface area contributed by atoms with Crippen LogP contribution in [0, 0.1) is 11.3 Å². The Labute approximate surface area is 90.2 Å². The summed E-state index contributed by atoms with van der Waals surface area (Å²) in [5.41, 5.74) is 5.35. The van der Waals surface area contributed by atoms with Crippen LogP contribution in [-0.4, -0.2) is 6.03 Å². The van der Waals surface area contributed by atoms with Gasteiger partial charge < -0.3 is 11.1 Å². The van der Waals surface area contributed by atoms with Crippen molar-refractivity contribution in [3.63, 3.8) is 0 Å². The van der Waals surface area contributed by atoms with Crippen LogP contribution in [0.3, 0.4) is 0 Å².